The van der Waals surface area contributed by atoms with Gasteiger partial charge in [-0.05, 0) is 24.4 Å². The summed E-state index contributed by atoms with van der Waals surface area (Å²) < 4.78 is 81.9. The first kappa shape index (κ1) is 18.9. The number of carbonyl (C=O) groups is 1. The lowest BCUT2D eigenvalue weighted by molar-refractivity contribution is -0.310. The quantitative estimate of drug-likeness (QED) is 0.499. The van der Waals surface area contributed by atoms with Crippen molar-refractivity contribution in [3.63, 3.8) is 0 Å². The molecule has 0 atom stereocenters. The fourth-order valence-corrected chi connectivity index (χ4v) is 3.07. The average Bonchev–Trinajstić information content (AvgIpc) is 2.52. The second kappa shape index (κ2) is 5.84. The Morgan fingerprint density at radius 3 is 2.04 bits per heavy atom. The van der Waals surface area contributed by atoms with Crippen LogP contribution in [0.3, 0.4) is 0 Å². The second-order valence-corrected chi connectivity index (χ2v) is 5.87. The number of alkyl halides is 6. The zero-order chi connectivity index (χ0) is 20.2. The number of aromatic nitrogens is 2. The molecule has 1 aliphatic rings. The molecule has 0 aliphatic carbocycles. The van der Waals surface area contributed by atoms with E-state index in [1.165, 1.54) is 24.3 Å². The van der Waals surface area contributed by atoms with Gasteiger partial charge in [0.1, 0.15) is 11.4 Å². The molecule has 13 heteroatoms. The van der Waals surface area contributed by atoms with Crippen LogP contribution in [0.1, 0.15) is 5.56 Å². The number of urea groups is 1. The van der Waals surface area contributed by atoms with Gasteiger partial charge in [-0.25, -0.2) is 4.79 Å². The largest absolute Gasteiger partial charge is 0.425 e. The molecule has 1 aromatic carbocycles. The molecule has 1 aliphatic heterocycles. The average molecular weight is 410 g/mol. The lowest BCUT2D eigenvalue weighted by Gasteiger charge is -2.41. The van der Waals surface area contributed by atoms with E-state index in [4.69, 9.17) is 12.2 Å². The maximum Gasteiger partial charge on any atom is 0.425 e. The number of hydrogen-bond acceptors (Lipinski definition) is 3. The Hall–Kier alpha value is -2.83. The van der Waals surface area contributed by atoms with Crippen molar-refractivity contribution in [1.82, 2.24) is 14.9 Å². The molecule has 3 N–H and O–H groups in total. The molecule has 2 aromatic rings. The monoisotopic (exact) mass is 410 g/mol. The Morgan fingerprint density at radius 1 is 0.963 bits per heavy atom. The van der Waals surface area contributed by atoms with Crippen molar-refractivity contribution in [2.24, 2.45) is 0 Å². The number of hydrogen-bond donors (Lipinski definition) is 3. The number of benzene rings is 1. The van der Waals surface area contributed by atoms with Crippen molar-refractivity contribution in [3.05, 3.63) is 51.0 Å². The molecule has 0 radical (unpaired) electrons. The molecule has 27 heavy (non-hydrogen) atoms. The van der Waals surface area contributed by atoms with Crippen LogP contribution in [-0.2, 0) is 5.54 Å². The van der Waals surface area contributed by atoms with Crippen molar-refractivity contribution in [2.45, 2.75) is 17.9 Å². The van der Waals surface area contributed by atoms with Crippen molar-refractivity contribution in [3.8, 4) is 5.69 Å². The Balaban J connectivity index is 2.52. The van der Waals surface area contributed by atoms with Crippen molar-refractivity contribution in [1.29, 1.82) is 0 Å². The summed E-state index contributed by atoms with van der Waals surface area (Å²) in [7, 11) is 0. The van der Waals surface area contributed by atoms with E-state index in [0.717, 1.165) is 9.88 Å². The number of nitrogens with one attached hydrogen (secondary N) is 3. The van der Waals surface area contributed by atoms with E-state index in [-0.39, 0.29) is 5.69 Å². The minimum absolute atomic E-state index is 0.0375. The summed E-state index contributed by atoms with van der Waals surface area (Å²) in [5.74, 6) is -1.02. The zero-order valence-electron chi connectivity index (χ0n) is 12.8. The lowest BCUT2D eigenvalue weighted by atomic mass is 9.87. The van der Waals surface area contributed by atoms with E-state index in [0.29, 0.717) is 0 Å². The number of rotatable bonds is 1. The highest BCUT2D eigenvalue weighted by Gasteiger charge is 2.76. The third kappa shape index (κ3) is 2.69. The number of nitrogens with zero attached hydrogens (tertiary/aromatic N) is 1. The predicted octanol–water partition coefficient (Wildman–Crippen LogP) is 3.35. The van der Waals surface area contributed by atoms with Crippen molar-refractivity contribution >= 4 is 24.1 Å². The van der Waals surface area contributed by atoms with E-state index in [1.807, 2.05) is 10.3 Å². The topological polar surface area (TPSA) is 78.9 Å². The number of carbonyl (C=O) groups excluding carboxylic acids is 1. The predicted molar refractivity (Wildman–Crippen MR) is 83.2 cm³/mol. The van der Waals surface area contributed by atoms with E-state index in [9.17, 15) is 35.9 Å². The van der Waals surface area contributed by atoms with Gasteiger partial charge in [0.2, 0.25) is 0 Å². The van der Waals surface area contributed by atoms with Gasteiger partial charge in [-0.3, -0.25) is 19.7 Å². The zero-order valence-corrected chi connectivity index (χ0v) is 13.6. The Morgan fingerprint density at radius 2 is 1.52 bits per heavy atom. The summed E-state index contributed by atoms with van der Waals surface area (Å²) in [4.78, 5) is 25.7. The van der Waals surface area contributed by atoms with E-state index in [1.54, 1.807) is 6.07 Å². The van der Waals surface area contributed by atoms with Crippen LogP contribution in [-0.4, -0.2) is 27.9 Å². The SMILES string of the molecule is O=C1Nc2c(c(=O)[nH]c(=S)n2-c2ccccc2)C(C(F)(F)F)(C(F)(F)F)N1. The first-order valence-electron chi connectivity index (χ1n) is 7.08. The highest BCUT2D eigenvalue weighted by Crippen LogP contribution is 2.52. The van der Waals surface area contributed by atoms with Crippen molar-refractivity contribution in [2.75, 3.05) is 5.32 Å². The number of halogens is 6. The van der Waals surface area contributed by atoms with Crippen LogP contribution in [0.4, 0.5) is 37.0 Å². The number of anilines is 1. The number of para-hydroxylation sites is 1. The van der Waals surface area contributed by atoms with Gasteiger partial charge in [0, 0.05) is 5.69 Å². The summed E-state index contributed by atoms with van der Waals surface area (Å²) in [6, 6.07) is 5.29. The third-order valence-corrected chi connectivity index (χ3v) is 4.17. The van der Waals surface area contributed by atoms with Crippen LogP contribution in [0, 0.1) is 4.77 Å². The fraction of sp³-hybridized carbons (Fsp3) is 0.214. The maximum atomic E-state index is 13.6. The minimum atomic E-state index is -6.07. The molecule has 2 heterocycles. The fourth-order valence-electron chi connectivity index (χ4n) is 2.78. The number of H-pyrrole nitrogens is 1. The number of aromatic amines is 1. The summed E-state index contributed by atoms with van der Waals surface area (Å²) in [5.41, 5.74) is -8.37. The van der Waals surface area contributed by atoms with Crippen LogP contribution < -0.4 is 16.2 Å². The normalized spacial score (nSPS) is 16.3. The molecule has 0 spiro atoms. The summed E-state index contributed by atoms with van der Waals surface area (Å²) >= 11 is 4.88. The molecular weight excluding hydrogens is 402 g/mol. The van der Waals surface area contributed by atoms with Crippen LogP contribution in [0.25, 0.3) is 5.69 Å². The first-order valence-corrected chi connectivity index (χ1v) is 7.49. The molecule has 144 valence electrons. The Bertz CT molecular complexity index is 1010. The molecule has 6 nitrogen and oxygen atoms in total. The highest BCUT2D eigenvalue weighted by atomic mass is 32.1. The van der Waals surface area contributed by atoms with E-state index >= 15 is 0 Å². The highest BCUT2D eigenvalue weighted by molar-refractivity contribution is 7.71. The molecular formula is C14H8F6N4O2S. The molecule has 0 saturated carbocycles. The van der Waals surface area contributed by atoms with Gasteiger partial charge in [0.05, 0.1) is 0 Å². The van der Waals surface area contributed by atoms with Gasteiger partial charge < -0.3 is 5.32 Å². The summed E-state index contributed by atoms with van der Waals surface area (Å²) in [5, 5.41) is 2.67. The van der Waals surface area contributed by atoms with Gasteiger partial charge in [0.25, 0.3) is 11.1 Å². The molecule has 2 amide bonds. The molecule has 3 rings (SSSR count). The van der Waals surface area contributed by atoms with E-state index < -0.39 is 45.6 Å². The standard InChI is InChI=1S/C14H8F6N4O2S/c15-13(16,17)12(14(18,19)20)7-8(21-10(26)23-12)24(11(27)22-9(7)25)6-4-2-1-3-5-6/h1-5H,(H2,21,23,26)(H,22,25,27). The van der Waals surface area contributed by atoms with Crippen LogP contribution in [0.2, 0.25) is 0 Å². The first-order chi connectivity index (χ1) is 12.4. The van der Waals surface area contributed by atoms with Crippen LogP contribution in [0.5, 0.6) is 0 Å². The second-order valence-electron chi connectivity index (χ2n) is 5.48. The molecule has 0 fully saturated rings. The van der Waals surface area contributed by atoms with Gasteiger partial charge in [0.15, 0.2) is 4.77 Å². The third-order valence-electron chi connectivity index (χ3n) is 3.88. The smallest absolute Gasteiger partial charge is 0.312 e. The van der Waals surface area contributed by atoms with Crippen LogP contribution >= 0.6 is 12.2 Å². The van der Waals surface area contributed by atoms with Gasteiger partial charge in [-0.1, -0.05) is 18.2 Å². The molecule has 1 aromatic heterocycles. The van der Waals surface area contributed by atoms with Gasteiger partial charge >= 0.3 is 18.4 Å². The Labute approximate surface area is 150 Å². The molecule has 0 bridgehead atoms. The maximum absolute atomic E-state index is 13.6. The summed E-state index contributed by atoms with van der Waals surface area (Å²) in [6.07, 6.45) is -12.1. The van der Waals surface area contributed by atoms with E-state index in [2.05, 4.69) is 0 Å². The summed E-state index contributed by atoms with van der Waals surface area (Å²) in [6.45, 7) is 0. The Kier molecular flexibility index (Phi) is 4.10. The van der Waals surface area contributed by atoms with Crippen LogP contribution in [0.15, 0.2) is 35.1 Å². The van der Waals surface area contributed by atoms with Crippen molar-refractivity contribution < 1.29 is 31.1 Å². The van der Waals surface area contributed by atoms with Gasteiger partial charge in [-0.15, -0.1) is 0 Å². The number of amides is 2. The lowest BCUT2D eigenvalue weighted by Crippen LogP contribution is -2.69. The molecule has 0 unspecified atom stereocenters. The van der Waals surface area contributed by atoms with Gasteiger partial charge in [-0.2, -0.15) is 26.3 Å². The minimum Gasteiger partial charge on any atom is -0.312 e. The number of fused-ring (bicyclic) bond motifs is 1. The molecule has 0 saturated heterocycles.